The van der Waals surface area contributed by atoms with Crippen molar-refractivity contribution in [3.8, 4) is 0 Å². The van der Waals surface area contributed by atoms with Gasteiger partial charge in [-0.05, 0) is 44.9 Å². The Morgan fingerprint density at radius 3 is 2.40 bits per heavy atom. The number of benzene rings is 1. The standard InChI is InChI=1S/C16H24N2O2/c1-12(2)20-16(19)18-10-8-17(9-11-18)15-7-5-6-13(3)14(15)4/h5-7,12H,8-11H2,1-4H3. The number of carbonyl (C=O) groups excluding carboxylic acids is 1. The number of rotatable bonds is 2. The van der Waals surface area contributed by atoms with Gasteiger partial charge >= 0.3 is 6.09 Å². The van der Waals surface area contributed by atoms with E-state index in [1.54, 1.807) is 4.90 Å². The maximum atomic E-state index is 11.9. The van der Waals surface area contributed by atoms with Crippen LogP contribution in [0.3, 0.4) is 0 Å². The van der Waals surface area contributed by atoms with Gasteiger partial charge in [-0.25, -0.2) is 4.79 Å². The monoisotopic (exact) mass is 276 g/mol. The Balaban J connectivity index is 1.97. The second-order valence-corrected chi connectivity index (χ2v) is 5.63. The Bertz CT molecular complexity index is 477. The summed E-state index contributed by atoms with van der Waals surface area (Å²) in [7, 11) is 0. The number of ether oxygens (including phenoxy) is 1. The van der Waals surface area contributed by atoms with Gasteiger partial charge in [0.05, 0.1) is 6.10 Å². The van der Waals surface area contributed by atoms with E-state index in [1.165, 1.54) is 16.8 Å². The van der Waals surface area contributed by atoms with Gasteiger partial charge in [0.1, 0.15) is 0 Å². The minimum absolute atomic E-state index is 0.0560. The smallest absolute Gasteiger partial charge is 0.410 e. The molecule has 4 nitrogen and oxygen atoms in total. The molecular weight excluding hydrogens is 252 g/mol. The van der Waals surface area contributed by atoms with Crippen LogP contribution in [0.25, 0.3) is 0 Å². The Morgan fingerprint density at radius 1 is 1.15 bits per heavy atom. The number of hydrogen-bond acceptors (Lipinski definition) is 3. The molecule has 1 saturated heterocycles. The van der Waals surface area contributed by atoms with Gasteiger partial charge in [0.2, 0.25) is 0 Å². The summed E-state index contributed by atoms with van der Waals surface area (Å²) in [6.07, 6.45) is -0.250. The SMILES string of the molecule is Cc1cccc(N2CCN(C(=O)OC(C)C)CC2)c1C. The van der Waals surface area contributed by atoms with E-state index in [2.05, 4.69) is 36.9 Å². The normalized spacial score (nSPS) is 15.7. The van der Waals surface area contributed by atoms with E-state index in [0.717, 1.165) is 26.2 Å². The van der Waals surface area contributed by atoms with Gasteiger partial charge in [-0.2, -0.15) is 0 Å². The topological polar surface area (TPSA) is 32.8 Å². The molecule has 0 bridgehead atoms. The maximum Gasteiger partial charge on any atom is 0.410 e. The average molecular weight is 276 g/mol. The largest absolute Gasteiger partial charge is 0.447 e. The van der Waals surface area contributed by atoms with Crippen molar-refractivity contribution in [1.82, 2.24) is 4.90 Å². The van der Waals surface area contributed by atoms with Crippen LogP contribution in [0, 0.1) is 13.8 Å². The first kappa shape index (κ1) is 14.7. The summed E-state index contributed by atoms with van der Waals surface area (Å²) in [5, 5.41) is 0. The van der Waals surface area contributed by atoms with Gasteiger partial charge in [0.25, 0.3) is 0 Å². The molecule has 20 heavy (non-hydrogen) atoms. The van der Waals surface area contributed by atoms with Gasteiger partial charge < -0.3 is 14.5 Å². The molecule has 2 rings (SSSR count). The predicted octanol–water partition coefficient (Wildman–Crippen LogP) is 2.97. The molecule has 0 radical (unpaired) electrons. The van der Waals surface area contributed by atoms with Crippen molar-refractivity contribution in [3.63, 3.8) is 0 Å². The van der Waals surface area contributed by atoms with Crippen LogP contribution in [0.1, 0.15) is 25.0 Å². The van der Waals surface area contributed by atoms with Crippen molar-refractivity contribution in [1.29, 1.82) is 0 Å². The molecule has 1 aliphatic rings. The lowest BCUT2D eigenvalue weighted by molar-refractivity contribution is 0.0751. The Morgan fingerprint density at radius 2 is 1.80 bits per heavy atom. The van der Waals surface area contributed by atoms with E-state index in [0.29, 0.717) is 0 Å². The van der Waals surface area contributed by atoms with Gasteiger partial charge in [-0.15, -0.1) is 0 Å². The quantitative estimate of drug-likeness (QED) is 0.832. The van der Waals surface area contributed by atoms with E-state index in [9.17, 15) is 4.79 Å². The zero-order valence-corrected chi connectivity index (χ0v) is 12.8. The van der Waals surface area contributed by atoms with Crippen LogP contribution in [-0.2, 0) is 4.74 Å². The van der Waals surface area contributed by atoms with Gasteiger partial charge in [-0.1, -0.05) is 12.1 Å². The summed E-state index contributed by atoms with van der Waals surface area (Å²) in [4.78, 5) is 16.0. The highest BCUT2D eigenvalue weighted by Gasteiger charge is 2.23. The van der Waals surface area contributed by atoms with Crippen molar-refractivity contribution in [2.24, 2.45) is 0 Å². The van der Waals surface area contributed by atoms with Gasteiger partial charge in [-0.3, -0.25) is 0 Å². The third kappa shape index (κ3) is 3.24. The minimum atomic E-state index is -0.194. The molecule has 0 N–H and O–H groups in total. The second kappa shape index (κ2) is 6.16. The molecule has 1 aromatic carbocycles. The summed E-state index contributed by atoms with van der Waals surface area (Å²) in [5.41, 5.74) is 3.91. The fourth-order valence-electron chi connectivity index (χ4n) is 2.48. The zero-order valence-electron chi connectivity index (χ0n) is 12.8. The number of piperazine rings is 1. The van der Waals surface area contributed by atoms with E-state index in [4.69, 9.17) is 4.74 Å². The van der Waals surface area contributed by atoms with E-state index < -0.39 is 0 Å². The summed E-state index contributed by atoms with van der Waals surface area (Å²) in [5.74, 6) is 0. The molecule has 0 unspecified atom stereocenters. The van der Waals surface area contributed by atoms with E-state index in [-0.39, 0.29) is 12.2 Å². The van der Waals surface area contributed by atoms with Crippen LogP contribution in [0.15, 0.2) is 18.2 Å². The zero-order chi connectivity index (χ0) is 14.7. The maximum absolute atomic E-state index is 11.9. The van der Waals surface area contributed by atoms with Crippen LogP contribution in [0.2, 0.25) is 0 Å². The van der Waals surface area contributed by atoms with Gasteiger partial charge in [0.15, 0.2) is 0 Å². The third-order valence-electron chi connectivity index (χ3n) is 3.79. The molecule has 1 amide bonds. The first-order chi connectivity index (χ1) is 9.49. The van der Waals surface area contributed by atoms with Crippen LogP contribution in [-0.4, -0.2) is 43.3 Å². The lowest BCUT2D eigenvalue weighted by Crippen LogP contribution is -2.49. The number of aryl methyl sites for hydroxylation is 1. The number of amides is 1. The van der Waals surface area contributed by atoms with Crippen molar-refractivity contribution < 1.29 is 9.53 Å². The average Bonchev–Trinajstić information content (AvgIpc) is 2.41. The lowest BCUT2D eigenvalue weighted by Gasteiger charge is -2.36. The highest BCUT2D eigenvalue weighted by Crippen LogP contribution is 2.23. The fraction of sp³-hybridized carbons (Fsp3) is 0.562. The molecule has 0 saturated carbocycles. The van der Waals surface area contributed by atoms with E-state index in [1.807, 2.05) is 13.8 Å². The first-order valence-corrected chi connectivity index (χ1v) is 7.25. The molecule has 0 aromatic heterocycles. The Kier molecular flexibility index (Phi) is 4.53. The summed E-state index contributed by atoms with van der Waals surface area (Å²) in [6, 6.07) is 6.39. The molecule has 0 spiro atoms. The molecule has 1 fully saturated rings. The highest BCUT2D eigenvalue weighted by atomic mass is 16.6. The highest BCUT2D eigenvalue weighted by molar-refractivity contribution is 5.68. The number of nitrogens with zero attached hydrogens (tertiary/aromatic N) is 2. The second-order valence-electron chi connectivity index (χ2n) is 5.63. The number of hydrogen-bond donors (Lipinski definition) is 0. The Hall–Kier alpha value is -1.71. The van der Waals surface area contributed by atoms with Crippen LogP contribution in [0.5, 0.6) is 0 Å². The third-order valence-corrected chi connectivity index (χ3v) is 3.79. The van der Waals surface area contributed by atoms with Crippen LogP contribution >= 0.6 is 0 Å². The predicted molar refractivity (Wildman–Crippen MR) is 81.3 cm³/mol. The summed E-state index contributed by atoms with van der Waals surface area (Å²) >= 11 is 0. The molecule has 110 valence electrons. The van der Waals surface area contributed by atoms with Crippen molar-refractivity contribution in [2.45, 2.75) is 33.8 Å². The van der Waals surface area contributed by atoms with Crippen LogP contribution < -0.4 is 4.90 Å². The molecular formula is C16H24N2O2. The molecule has 0 aliphatic carbocycles. The van der Waals surface area contributed by atoms with E-state index >= 15 is 0 Å². The fourth-order valence-corrected chi connectivity index (χ4v) is 2.48. The van der Waals surface area contributed by atoms with Crippen LogP contribution in [0.4, 0.5) is 10.5 Å². The minimum Gasteiger partial charge on any atom is -0.447 e. The van der Waals surface area contributed by atoms with Crippen molar-refractivity contribution in [2.75, 3.05) is 31.1 Å². The molecule has 1 aliphatic heterocycles. The summed E-state index contributed by atoms with van der Waals surface area (Å²) < 4.78 is 5.24. The van der Waals surface area contributed by atoms with Crippen molar-refractivity contribution >= 4 is 11.8 Å². The molecule has 1 aromatic rings. The number of anilines is 1. The first-order valence-electron chi connectivity index (χ1n) is 7.25. The Labute approximate surface area is 121 Å². The number of carbonyl (C=O) groups is 1. The molecule has 1 heterocycles. The molecule has 0 atom stereocenters. The lowest BCUT2D eigenvalue weighted by atomic mass is 10.1. The molecule has 4 heteroatoms. The van der Waals surface area contributed by atoms with Gasteiger partial charge in [0, 0.05) is 31.9 Å². The van der Waals surface area contributed by atoms with Crippen molar-refractivity contribution in [3.05, 3.63) is 29.3 Å². The summed E-state index contributed by atoms with van der Waals surface area (Å²) in [6.45, 7) is 11.2.